The fraction of sp³-hybridized carbons (Fsp3) is 0.241. The summed E-state index contributed by atoms with van der Waals surface area (Å²) in [6, 6.07) is 5.41. The molecule has 1 aliphatic heterocycles. The van der Waals surface area contributed by atoms with Gasteiger partial charge in [-0.3, -0.25) is 14.4 Å². The van der Waals surface area contributed by atoms with Gasteiger partial charge >= 0.3 is 12.4 Å². The minimum atomic E-state index is -5.08. The number of fused-ring (bicyclic) bond motifs is 1. The van der Waals surface area contributed by atoms with E-state index in [1.165, 1.54) is 24.3 Å². The summed E-state index contributed by atoms with van der Waals surface area (Å²) in [6.07, 6.45) is -8.64. The molecule has 9 nitrogen and oxygen atoms in total. The number of aromatic nitrogens is 1. The first-order valence-electron chi connectivity index (χ1n) is 13.2. The van der Waals surface area contributed by atoms with Gasteiger partial charge < -0.3 is 25.0 Å². The number of halogens is 7. The average molecular weight is 671 g/mol. The Labute approximate surface area is 258 Å². The van der Waals surface area contributed by atoms with Gasteiger partial charge in [-0.25, -0.2) is 9.37 Å². The molecule has 242 valence electrons. The van der Waals surface area contributed by atoms with E-state index in [1.54, 1.807) is 0 Å². The van der Waals surface area contributed by atoms with E-state index in [1.807, 2.05) is 0 Å². The Bertz CT molecular complexity index is 1840. The van der Waals surface area contributed by atoms with Gasteiger partial charge in [0.05, 0.1) is 42.7 Å². The predicted molar refractivity (Wildman–Crippen MR) is 152 cm³/mol. The van der Waals surface area contributed by atoms with Crippen LogP contribution in [0.1, 0.15) is 41.5 Å². The lowest BCUT2D eigenvalue weighted by Crippen LogP contribution is -2.40. The van der Waals surface area contributed by atoms with Gasteiger partial charge in [0, 0.05) is 35.1 Å². The Morgan fingerprint density at radius 3 is 2.30 bits per heavy atom. The van der Waals surface area contributed by atoms with Crippen molar-refractivity contribution in [3.05, 3.63) is 81.6 Å². The Kier molecular flexibility index (Phi) is 8.90. The second-order valence-corrected chi connectivity index (χ2v) is 10.9. The van der Waals surface area contributed by atoms with Gasteiger partial charge in [-0.1, -0.05) is 6.07 Å². The van der Waals surface area contributed by atoms with Crippen LogP contribution < -0.4 is 15.4 Å². The third kappa shape index (κ3) is 6.74. The lowest BCUT2D eigenvalue weighted by atomic mass is 10.1. The largest absolute Gasteiger partial charge is 0.480 e. The monoisotopic (exact) mass is 670 g/mol. The van der Waals surface area contributed by atoms with E-state index in [9.17, 15) is 45.1 Å². The molecule has 2 aromatic carbocycles. The number of carbonyl (C=O) groups excluding carboxylic acids is 3. The number of nitrogens with zero attached hydrogens (tertiary/aromatic N) is 2. The number of amides is 3. The maximum Gasteiger partial charge on any atom is 0.419 e. The zero-order valence-electron chi connectivity index (χ0n) is 23.4. The van der Waals surface area contributed by atoms with E-state index in [4.69, 9.17) is 9.47 Å². The number of hydrogen-bond donors (Lipinski definition) is 2. The van der Waals surface area contributed by atoms with Crippen LogP contribution in [0.15, 0.2) is 48.7 Å². The second-order valence-electron chi connectivity index (χ2n) is 9.80. The molecular weight excluding hydrogens is 649 g/mol. The van der Waals surface area contributed by atoms with Crippen LogP contribution in [0.25, 0.3) is 10.1 Å². The molecule has 17 heteroatoms. The van der Waals surface area contributed by atoms with Gasteiger partial charge in [-0.15, -0.1) is 11.3 Å². The van der Waals surface area contributed by atoms with Crippen molar-refractivity contribution in [3.63, 3.8) is 0 Å². The van der Waals surface area contributed by atoms with E-state index in [2.05, 4.69) is 15.6 Å². The molecule has 3 heterocycles. The van der Waals surface area contributed by atoms with Crippen LogP contribution in [0.3, 0.4) is 0 Å². The summed E-state index contributed by atoms with van der Waals surface area (Å²) in [5.41, 5.74) is -3.69. The Morgan fingerprint density at radius 1 is 0.935 bits per heavy atom. The van der Waals surface area contributed by atoms with Crippen molar-refractivity contribution in [2.24, 2.45) is 0 Å². The molecule has 5 rings (SSSR count). The molecule has 3 amide bonds. The van der Waals surface area contributed by atoms with Crippen molar-refractivity contribution in [2.75, 3.05) is 44.0 Å². The number of anilines is 2. The molecule has 0 unspecified atom stereocenters. The van der Waals surface area contributed by atoms with Crippen LogP contribution in [-0.2, 0) is 17.1 Å². The topological polar surface area (TPSA) is 110 Å². The summed E-state index contributed by atoms with van der Waals surface area (Å²) in [6.45, 7) is 1.21. The minimum Gasteiger partial charge on any atom is -0.480 e. The molecule has 1 fully saturated rings. The van der Waals surface area contributed by atoms with Gasteiger partial charge in [0.1, 0.15) is 16.3 Å². The molecular formula is C29H21F7N4O5S. The highest BCUT2D eigenvalue weighted by Gasteiger charge is 2.35. The van der Waals surface area contributed by atoms with Gasteiger partial charge in [0.15, 0.2) is 0 Å². The first kappa shape index (κ1) is 32.6. The summed E-state index contributed by atoms with van der Waals surface area (Å²) in [4.78, 5) is 45.1. The number of hydrogen-bond acceptors (Lipinski definition) is 7. The SMILES string of the molecule is COc1ncc(C(=O)N2CCOCC2)cc1C(=O)Nc1c(C(=O)Nc2ccc(F)c(C(F)(F)F)c2)sc2cc(C(F)(F)F)ccc12. The molecule has 0 aliphatic carbocycles. The lowest BCUT2D eigenvalue weighted by molar-refractivity contribution is -0.140. The van der Waals surface area contributed by atoms with Crippen LogP contribution in [-0.4, -0.2) is 61.0 Å². The fourth-order valence-corrected chi connectivity index (χ4v) is 5.68. The van der Waals surface area contributed by atoms with Crippen molar-refractivity contribution in [1.82, 2.24) is 9.88 Å². The summed E-state index contributed by atoms with van der Waals surface area (Å²) in [7, 11) is 1.21. The third-order valence-corrected chi connectivity index (χ3v) is 7.98. The highest BCUT2D eigenvalue weighted by molar-refractivity contribution is 7.21. The number of benzene rings is 2. The number of thiophene rings is 1. The van der Waals surface area contributed by atoms with E-state index in [0.717, 1.165) is 24.3 Å². The molecule has 2 aromatic heterocycles. The van der Waals surface area contributed by atoms with Crippen LogP contribution >= 0.6 is 11.3 Å². The fourth-order valence-electron chi connectivity index (χ4n) is 4.59. The van der Waals surface area contributed by atoms with Crippen molar-refractivity contribution in [2.45, 2.75) is 12.4 Å². The molecule has 1 saturated heterocycles. The Hall–Kier alpha value is -4.77. The number of rotatable bonds is 6. The number of nitrogens with one attached hydrogen (secondary N) is 2. The first-order valence-corrected chi connectivity index (χ1v) is 14.0. The highest BCUT2D eigenvalue weighted by atomic mass is 32.1. The van der Waals surface area contributed by atoms with Crippen molar-refractivity contribution in [1.29, 1.82) is 0 Å². The number of alkyl halides is 6. The zero-order chi connectivity index (χ0) is 33.4. The summed E-state index contributed by atoms with van der Waals surface area (Å²) < 4.78 is 104. The van der Waals surface area contributed by atoms with Crippen molar-refractivity contribution < 1.29 is 54.6 Å². The number of pyridine rings is 1. The van der Waals surface area contributed by atoms with Crippen molar-refractivity contribution >= 4 is 50.5 Å². The molecule has 0 spiro atoms. The molecule has 0 bridgehead atoms. The van der Waals surface area contributed by atoms with E-state index < -0.39 is 52.7 Å². The van der Waals surface area contributed by atoms with Gasteiger partial charge in [-0.2, -0.15) is 26.3 Å². The molecule has 4 aromatic rings. The quantitative estimate of drug-likeness (QED) is 0.228. The van der Waals surface area contributed by atoms with E-state index in [0.29, 0.717) is 49.8 Å². The number of methoxy groups -OCH3 is 1. The maximum atomic E-state index is 13.8. The van der Waals surface area contributed by atoms with Gasteiger partial charge in [0.2, 0.25) is 5.88 Å². The van der Waals surface area contributed by atoms with Crippen LogP contribution in [0.5, 0.6) is 5.88 Å². The van der Waals surface area contributed by atoms with Gasteiger partial charge in [-0.05, 0) is 36.4 Å². The lowest BCUT2D eigenvalue weighted by Gasteiger charge is -2.26. The van der Waals surface area contributed by atoms with E-state index >= 15 is 0 Å². The number of morpholine rings is 1. The standard InChI is InChI=1S/C29H21F7N4O5S/c1-44-26-18(10-14(13-37-26)27(43)40-6-8-45-9-7-40)24(41)39-22-17-4-2-15(28(31,32)33)11-21(17)46-23(22)25(42)38-16-3-5-20(30)19(12-16)29(34,35)36/h2-5,10-13H,6-9H2,1H3,(H,38,42)(H,39,41). The zero-order valence-corrected chi connectivity index (χ0v) is 24.3. The molecule has 0 radical (unpaired) electrons. The van der Waals surface area contributed by atoms with Crippen LogP contribution in [0.4, 0.5) is 42.1 Å². The normalized spacial score (nSPS) is 13.9. The number of ether oxygens (including phenoxy) is 2. The smallest absolute Gasteiger partial charge is 0.419 e. The third-order valence-electron chi connectivity index (χ3n) is 6.83. The van der Waals surface area contributed by atoms with E-state index in [-0.39, 0.29) is 37.7 Å². The predicted octanol–water partition coefficient (Wildman–Crippen LogP) is 6.46. The Balaban J connectivity index is 1.54. The summed E-state index contributed by atoms with van der Waals surface area (Å²) in [5, 5.41) is 4.64. The second kappa shape index (κ2) is 12.6. The van der Waals surface area contributed by atoms with Crippen LogP contribution in [0.2, 0.25) is 0 Å². The van der Waals surface area contributed by atoms with Gasteiger partial charge in [0.25, 0.3) is 17.7 Å². The number of carbonyl (C=O) groups is 3. The Morgan fingerprint density at radius 2 is 1.65 bits per heavy atom. The molecule has 1 aliphatic rings. The molecule has 0 atom stereocenters. The summed E-state index contributed by atoms with van der Waals surface area (Å²) >= 11 is 0.526. The average Bonchev–Trinajstić information content (AvgIpc) is 3.38. The first-order chi connectivity index (χ1) is 21.7. The molecule has 0 saturated carbocycles. The van der Waals surface area contributed by atoms with Crippen LogP contribution in [0, 0.1) is 5.82 Å². The molecule has 2 N–H and O–H groups in total. The van der Waals surface area contributed by atoms with Crippen molar-refractivity contribution in [3.8, 4) is 5.88 Å². The minimum absolute atomic E-state index is 0.000870. The molecule has 46 heavy (non-hydrogen) atoms. The summed E-state index contributed by atoms with van der Waals surface area (Å²) in [5.74, 6) is -4.32. The maximum absolute atomic E-state index is 13.8. The highest BCUT2D eigenvalue weighted by Crippen LogP contribution is 2.41.